The van der Waals surface area contributed by atoms with E-state index in [1.54, 1.807) is 10.5 Å². The Kier molecular flexibility index (Phi) is 5.40. The minimum absolute atomic E-state index is 0.0402. The van der Waals surface area contributed by atoms with Crippen LogP contribution in [0.4, 0.5) is 5.69 Å². The standard InChI is InChI=1S/C27H38N2O2/c1-18-7-5-9-24(20(18)3)29-13-11-28(12-14-29)17-22-21-15-23-19(2)8-6-10-27(23,4)16-25(21)31-26(22)30/h5,7,9,15,19,21-22,25H,6,8,10-14,16-17H2,1-4H3/p+1/t19-,21-,22-,25-,27-/m1/s1. The van der Waals surface area contributed by atoms with Crippen molar-refractivity contribution in [2.24, 2.45) is 23.2 Å². The van der Waals surface area contributed by atoms with Gasteiger partial charge in [-0.15, -0.1) is 0 Å². The van der Waals surface area contributed by atoms with Crippen LogP contribution in [-0.2, 0) is 9.53 Å². The number of quaternary nitrogens is 1. The normalized spacial score (nSPS) is 35.9. The maximum atomic E-state index is 12.9. The smallest absolute Gasteiger partial charge is 0.315 e. The highest BCUT2D eigenvalue weighted by Gasteiger charge is 2.52. The molecule has 4 nitrogen and oxygen atoms in total. The fourth-order valence-electron chi connectivity index (χ4n) is 6.94. The first-order valence-electron chi connectivity index (χ1n) is 12.4. The van der Waals surface area contributed by atoms with Gasteiger partial charge in [0.2, 0.25) is 0 Å². The SMILES string of the molecule is Cc1cccc(N2CC[NH+](C[C@H]3C(=O)O[C@@H]4C[C@@]5(C)CCC[C@@H](C)C5=C[C@@H]43)CC2)c1C. The number of fused-ring (bicyclic) bond motifs is 2. The summed E-state index contributed by atoms with van der Waals surface area (Å²) < 4.78 is 5.98. The molecule has 5 rings (SSSR count). The van der Waals surface area contributed by atoms with Crippen LogP contribution in [-0.4, -0.2) is 44.8 Å². The molecule has 0 amide bonds. The van der Waals surface area contributed by atoms with E-state index in [4.69, 9.17) is 4.74 Å². The van der Waals surface area contributed by atoms with Gasteiger partial charge in [0.25, 0.3) is 0 Å². The molecule has 2 aliphatic heterocycles. The monoisotopic (exact) mass is 423 g/mol. The van der Waals surface area contributed by atoms with E-state index in [0.717, 1.165) is 39.1 Å². The number of aryl methyl sites for hydroxylation is 1. The number of hydrogen-bond donors (Lipinski definition) is 1. The summed E-state index contributed by atoms with van der Waals surface area (Å²) in [7, 11) is 0. The van der Waals surface area contributed by atoms with Crippen LogP contribution >= 0.6 is 0 Å². The number of esters is 1. The van der Waals surface area contributed by atoms with Crippen LogP contribution in [0.2, 0.25) is 0 Å². The van der Waals surface area contributed by atoms with Crippen LogP contribution in [0.1, 0.15) is 50.7 Å². The largest absolute Gasteiger partial charge is 0.461 e. The molecule has 0 radical (unpaired) electrons. The van der Waals surface area contributed by atoms with Crippen molar-refractivity contribution in [1.82, 2.24) is 0 Å². The summed E-state index contributed by atoms with van der Waals surface area (Å²) in [5.74, 6) is 1.05. The van der Waals surface area contributed by atoms with E-state index in [0.29, 0.717) is 11.8 Å². The number of allylic oxidation sites excluding steroid dienone is 1. The molecule has 1 saturated carbocycles. The van der Waals surface area contributed by atoms with Crippen molar-refractivity contribution >= 4 is 11.7 Å². The Hall–Kier alpha value is -1.81. The number of carbonyl (C=O) groups is 1. The number of anilines is 1. The molecule has 2 aliphatic carbocycles. The van der Waals surface area contributed by atoms with Gasteiger partial charge >= 0.3 is 5.97 Å². The molecule has 0 unspecified atom stereocenters. The quantitative estimate of drug-likeness (QED) is 0.598. The van der Waals surface area contributed by atoms with Crippen LogP contribution in [0.15, 0.2) is 29.8 Å². The highest BCUT2D eigenvalue weighted by Crippen LogP contribution is 2.53. The van der Waals surface area contributed by atoms with E-state index in [2.05, 4.69) is 56.9 Å². The topological polar surface area (TPSA) is 34.0 Å². The summed E-state index contributed by atoms with van der Waals surface area (Å²) in [6, 6.07) is 6.62. The average molecular weight is 424 g/mol. The number of nitrogens with zero attached hydrogens (tertiary/aromatic N) is 1. The number of benzene rings is 1. The van der Waals surface area contributed by atoms with E-state index in [1.807, 2.05) is 0 Å². The summed E-state index contributed by atoms with van der Waals surface area (Å²) >= 11 is 0. The fraction of sp³-hybridized carbons (Fsp3) is 0.667. The zero-order valence-corrected chi connectivity index (χ0v) is 19.7. The van der Waals surface area contributed by atoms with Crippen LogP contribution < -0.4 is 9.80 Å². The molecular formula is C27H39N2O2+. The molecule has 1 aromatic rings. The van der Waals surface area contributed by atoms with Crippen molar-refractivity contribution in [2.75, 3.05) is 37.6 Å². The second-order valence-corrected chi connectivity index (χ2v) is 11.0. The first-order chi connectivity index (χ1) is 14.9. The third-order valence-electron chi connectivity index (χ3n) is 8.98. The number of nitrogens with one attached hydrogen (secondary N) is 1. The van der Waals surface area contributed by atoms with Crippen molar-refractivity contribution in [3.63, 3.8) is 0 Å². The molecule has 4 aliphatic rings. The van der Waals surface area contributed by atoms with Crippen LogP contribution in [0.3, 0.4) is 0 Å². The van der Waals surface area contributed by atoms with Gasteiger partial charge in [0.15, 0.2) is 0 Å². The Morgan fingerprint density at radius 1 is 1.23 bits per heavy atom. The molecule has 5 atom stereocenters. The number of ether oxygens (including phenoxy) is 1. The van der Waals surface area contributed by atoms with Gasteiger partial charge in [0.1, 0.15) is 12.0 Å². The molecule has 0 spiro atoms. The Labute approximate surface area is 187 Å². The van der Waals surface area contributed by atoms with Gasteiger partial charge in [0, 0.05) is 11.6 Å². The summed E-state index contributed by atoms with van der Waals surface area (Å²) in [6.45, 7) is 14.5. The van der Waals surface area contributed by atoms with Gasteiger partial charge in [-0.3, -0.25) is 4.79 Å². The Balaban J connectivity index is 1.27. The summed E-state index contributed by atoms with van der Waals surface area (Å²) in [5.41, 5.74) is 6.01. The predicted molar refractivity (Wildman–Crippen MR) is 124 cm³/mol. The lowest BCUT2D eigenvalue weighted by atomic mass is 9.59. The molecule has 4 heteroatoms. The molecule has 168 valence electrons. The van der Waals surface area contributed by atoms with Gasteiger partial charge in [-0.1, -0.05) is 44.1 Å². The average Bonchev–Trinajstić information content (AvgIpc) is 3.03. The van der Waals surface area contributed by atoms with Gasteiger partial charge in [0.05, 0.1) is 32.7 Å². The number of rotatable bonds is 3. The first kappa shape index (κ1) is 21.1. The summed E-state index contributed by atoms with van der Waals surface area (Å²) in [4.78, 5) is 17.0. The van der Waals surface area contributed by atoms with E-state index >= 15 is 0 Å². The summed E-state index contributed by atoms with van der Waals surface area (Å²) in [5, 5.41) is 0. The minimum atomic E-state index is 0.0402. The molecule has 0 bridgehead atoms. The van der Waals surface area contributed by atoms with Crippen LogP contribution in [0.5, 0.6) is 0 Å². The van der Waals surface area contributed by atoms with Crippen LogP contribution in [0, 0.1) is 37.0 Å². The van der Waals surface area contributed by atoms with E-state index in [-0.39, 0.29) is 23.4 Å². The second-order valence-electron chi connectivity index (χ2n) is 11.0. The Morgan fingerprint density at radius 3 is 2.77 bits per heavy atom. The van der Waals surface area contributed by atoms with Gasteiger partial charge in [-0.25, -0.2) is 0 Å². The Morgan fingerprint density at radius 2 is 2.00 bits per heavy atom. The molecule has 31 heavy (non-hydrogen) atoms. The number of carbonyl (C=O) groups excluding carboxylic acids is 1. The van der Waals surface area contributed by atoms with E-state index in [1.165, 1.54) is 36.1 Å². The number of piperazine rings is 1. The van der Waals surface area contributed by atoms with Crippen molar-refractivity contribution in [3.8, 4) is 0 Å². The van der Waals surface area contributed by atoms with Crippen LogP contribution in [0.25, 0.3) is 0 Å². The predicted octanol–water partition coefficient (Wildman–Crippen LogP) is 3.32. The van der Waals surface area contributed by atoms with Crippen molar-refractivity contribution in [3.05, 3.63) is 41.0 Å². The van der Waals surface area contributed by atoms with Gasteiger partial charge < -0.3 is 14.5 Å². The molecule has 0 aromatic heterocycles. The highest BCUT2D eigenvalue weighted by atomic mass is 16.6. The molecule has 3 fully saturated rings. The molecule has 1 N–H and O–H groups in total. The lowest BCUT2D eigenvalue weighted by Gasteiger charge is -2.46. The zero-order valence-electron chi connectivity index (χ0n) is 19.7. The van der Waals surface area contributed by atoms with E-state index < -0.39 is 0 Å². The van der Waals surface area contributed by atoms with Gasteiger partial charge in [-0.2, -0.15) is 0 Å². The number of hydrogen-bond acceptors (Lipinski definition) is 3. The van der Waals surface area contributed by atoms with Crippen molar-refractivity contribution in [1.29, 1.82) is 0 Å². The Bertz CT molecular complexity index is 885. The fourth-order valence-corrected chi connectivity index (χ4v) is 6.94. The maximum Gasteiger partial charge on any atom is 0.315 e. The van der Waals surface area contributed by atoms with Gasteiger partial charge in [-0.05, 0) is 61.6 Å². The summed E-state index contributed by atoms with van der Waals surface area (Å²) in [6.07, 6.45) is 7.49. The third-order valence-corrected chi connectivity index (χ3v) is 8.98. The minimum Gasteiger partial charge on any atom is -0.461 e. The molecular weight excluding hydrogens is 384 g/mol. The molecule has 2 heterocycles. The highest BCUT2D eigenvalue weighted by molar-refractivity contribution is 5.76. The van der Waals surface area contributed by atoms with Crippen molar-refractivity contribution < 1.29 is 14.4 Å². The third kappa shape index (κ3) is 3.71. The van der Waals surface area contributed by atoms with Crippen molar-refractivity contribution in [2.45, 2.75) is 59.5 Å². The van der Waals surface area contributed by atoms with E-state index in [9.17, 15) is 4.79 Å². The second kappa shape index (κ2) is 7.95. The molecule has 2 saturated heterocycles. The lowest BCUT2D eigenvalue weighted by Crippen LogP contribution is -3.15. The first-order valence-corrected chi connectivity index (χ1v) is 12.4. The lowest BCUT2D eigenvalue weighted by molar-refractivity contribution is -0.903. The molecule has 1 aromatic carbocycles. The maximum absolute atomic E-state index is 12.9. The zero-order chi connectivity index (χ0) is 21.8.